The van der Waals surface area contributed by atoms with Crippen LogP contribution in [0.2, 0.25) is 0 Å². The van der Waals surface area contributed by atoms with E-state index in [1.807, 2.05) is 0 Å². The Kier molecular flexibility index (Phi) is 9.94. The van der Waals surface area contributed by atoms with Crippen LogP contribution in [-0.2, 0) is 37.1 Å². The number of aliphatic carboxylic acids is 2. The maximum atomic E-state index is 13.6. The number of esters is 1. The average Bonchev–Trinajstić information content (AvgIpc) is 3.51. The highest BCUT2D eigenvalue weighted by atomic mass is 32.1. The summed E-state index contributed by atoms with van der Waals surface area (Å²) in [5.41, 5.74) is -0.479. The van der Waals surface area contributed by atoms with Crippen molar-refractivity contribution in [2.24, 2.45) is 0 Å². The Balaban J connectivity index is 1.39. The Bertz CT molecular complexity index is 2010. The fourth-order valence-electron chi connectivity index (χ4n) is 5.10. The quantitative estimate of drug-likeness (QED) is 0.0973. The summed E-state index contributed by atoms with van der Waals surface area (Å²) in [6.07, 6.45) is -4.86. The number of alkyl halides is 3. The molecule has 250 valence electrons. The third kappa shape index (κ3) is 7.52. The highest BCUT2D eigenvalue weighted by molar-refractivity contribution is 7.13. The molecule has 3 N–H and O–H groups in total. The molecule has 0 bridgehead atoms. The van der Waals surface area contributed by atoms with E-state index in [0.29, 0.717) is 38.6 Å². The van der Waals surface area contributed by atoms with Crippen LogP contribution in [0.4, 0.5) is 18.9 Å². The van der Waals surface area contributed by atoms with Gasteiger partial charge >= 0.3 is 24.1 Å². The second-order valence-corrected chi connectivity index (χ2v) is 11.8. The molecule has 0 aliphatic rings. The number of hydrogen-bond acceptors (Lipinski definition) is 7. The lowest BCUT2D eigenvalue weighted by Gasteiger charge is -2.25. The van der Waals surface area contributed by atoms with Gasteiger partial charge in [-0.3, -0.25) is 19.2 Å². The second kappa shape index (κ2) is 14.1. The number of ether oxygens (including phenoxy) is 1. The molecule has 9 nitrogen and oxygen atoms in total. The van der Waals surface area contributed by atoms with Gasteiger partial charge in [-0.2, -0.15) is 13.2 Å². The van der Waals surface area contributed by atoms with Crippen molar-refractivity contribution in [2.75, 3.05) is 11.9 Å². The molecule has 0 fully saturated rings. The topological polar surface area (TPSA) is 143 Å². The van der Waals surface area contributed by atoms with Gasteiger partial charge in [0.2, 0.25) is 5.41 Å². The highest BCUT2D eigenvalue weighted by Gasteiger charge is 2.50. The summed E-state index contributed by atoms with van der Waals surface area (Å²) in [6, 6.07) is 22.9. The summed E-state index contributed by atoms with van der Waals surface area (Å²) in [6.45, 7) is 0.829. The van der Waals surface area contributed by atoms with Crippen molar-refractivity contribution < 1.29 is 47.3 Å². The summed E-state index contributed by atoms with van der Waals surface area (Å²) in [5.74, 6) is -4.82. The molecule has 0 aliphatic carbocycles. The molecule has 5 rings (SSSR count). The standard InChI is InChI=1S/C36H27F3N2O7S/c1-21-19-49-32(40-21)28-17-22(18-30(42)48-20-35(33(44)45,34(46)47)24-7-3-2-4-8-24)11-16-29(28)41-31(43)27-10-6-5-9-26(27)23-12-14-25(15-13-23)36(37,38)39/h2-17,19H,18,20H2,1H3,(H,41,43)(H,44,45)(H,46,47). The lowest BCUT2D eigenvalue weighted by molar-refractivity contribution is -0.164. The molecule has 13 heteroatoms. The molecule has 1 heterocycles. The number of thiazole rings is 1. The van der Waals surface area contributed by atoms with E-state index in [-0.39, 0.29) is 17.5 Å². The Morgan fingerprint density at radius 2 is 1.47 bits per heavy atom. The van der Waals surface area contributed by atoms with Gasteiger partial charge in [-0.15, -0.1) is 11.3 Å². The number of hydrogen-bond donors (Lipinski definition) is 3. The fraction of sp³-hybridized carbons (Fsp3) is 0.139. The minimum Gasteiger partial charge on any atom is -0.480 e. The van der Waals surface area contributed by atoms with Crippen molar-refractivity contribution in [1.82, 2.24) is 4.98 Å². The van der Waals surface area contributed by atoms with Crippen molar-refractivity contribution in [3.8, 4) is 21.7 Å². The summed E-state index contributed by atoms with van der Waals surface area (Å²) >= 11 is 1.29. The van der Waals surface area contributed by atoms with Gasteiger partial charge in [0.25, 0.3) is 5.91 Å². The van der Waals surface area contributed by atoms with Crippen molar-refractivity contribution >= 4 is 40.8 Å². The molecular weight excluding hydrogens is 661 g/mol. The number of amides is 1. The predicted molar refractivity (Wildman–Crippen MR) is 175 cm³/mol. The van der Waals surface area contributed by atoms with Gasteiger partial charge in [-0.1, -0.05) is 66.7 Å². The fourth-order valence-corrected chi connectivity index (χ4v) is 5.93. The Morgan fingerprint density at radius 1 is 0.816 bits per heavy atom. The van der Waals surface area contributed by atoms with Gasteiger partial charge < -0.3 is 20.3 Å². The number of carbonyl (C=O) groups is 4. The monoisotopic (exact) mass is 688 g/mol. The average molecular weight is 689 g/mol. The third-order valence-electron chi connectivity index (χ3n) is 7.67. The largest absolute Gasteiger partial charge is 0.480 e. The van der Waals surface area contributed by atoms with Gasteiger partial charge in [0.05, 0.1) is 17.7 Å². The number of aryl methyl sites for hydroxylation is 1. The molecular formula is C36H27F3N2O7S. The molecule has 0 unspecified atom stereocenters. The van der Waals surface area contributed by atoms with Crippen LogP contribution in [-0.4, -0.2) is 45.6 Å². The number of halogens is 3. The van der Waals surface area contributed by atoms with Crippen molar-refractivity contribution in [3.05, 3.63) is 130 Å². The molecule has 0 saturated heterocycles. The molecule has 0 radical (unpaired) electrons. The van der Waals surface area contributed by atoms with Crippen molar-refractivity contribution in [3.63, 3.8) is 0 Å². The molecule has 0 saturated carbocycles. The first-order valence-corrected chi connectivity index (χ1v) is 15.5. The maximum absolute atomic E-state index is 13.6. The molecule has 0 aliphatic heterocycles. The third-order valence-corrected chi connectivity index (χ3v) is 8.66. The van der Waals surface area contributed by atoms with Crippen LogP contribution in [0.3, 0.4) is 0 Å². The number of carbonyl (C=O) groups excluding carboxylic acids is 2. The Hall–Kier alpha value is -5.82. The number of anilines is 1. The Labute approximate surface area is 281 Å². The zero-order valence-electron chi connectivity index (χ0n) is 25.7. The number of carboxylic acids is 2. The number of benzene rings is 4. The van der Waals surface area contributed by atoms with E-state index in [9.17, 15) is 42.6 Å². The predicted octanol–water partition coefficient (Wildman–Crippen LogP) is 7.25. The van der Waals surface area contributed by atoms with Crippen molar-refractivity contribution in [2.45, 2.75) is 24.9 Å². The van der Waals surface area contributed by atoms with Gasteiger partial charge in [-0.05, 0) is 59.5 Å². The van der Waals surface area contributed by atoms with E-state index in [1.54, 1.807) is 60.8 Å². The lowest BCUT2D eigenvalue weighted by Crippen LogP contribution is -2.48. The number of nitrogens with one attached hydrogen (secondary N) is 1. The SMILES string of the molecule is Cc1csc(-c2cc(CC(=O)OCC(C(=O)O)(C(=O)O)c3ccccc3)ccc2NC(=O)c2ccccc2-c2ccc(C(F)(F)F)cc2)n1. The molecule has 1 aromatic heterocycles. The van der Waals surface area contributed by atoms with Crippen molar-refractivity contribution in [1.29, 1.82) is 0 Å². The van der Waals surface area contributed by atoms with E-state index in [1.165, 1.54) is 47.7 Å². The van der Waals surface area contributed by atoms with Crippen LogP contribution < -0.4 is 5.32 Å². The number of nitrogens with zero attached hydrogens (tertiary/aromatic N) is 1. The second-order valence-electron chi connectivity index (χ2n) is 11.0. The minimum atomic E-state index is -4.51. The number of carboxylic acid groups (broad SMARTS) is 2. The lowest BCUT2D eigenvalue weighted by atomic mass is 9.81. The van der Waals surface area contributed by atoms with Crippen LogP contribution in [0.25, 0.3) is 21.7 Å². The molecule has 0 atom stereocenters. The zero-order chi connectivity index (χ0) is 35.3. The van der Waals surface area contributed by atoms with Crippen LogP contribution >= 0.6 is 11.3 Å². The van der Waals surface area contributed by atoms with Crippen LogP contribution in [0, 0.1) is 6.92 Å². The first-order chi connectivity index (χ1) is 23.3. The van der Waals surface area contributed by atoms with Crippen LogP contribution in [0.5, 0.6) is 0 Å². The summed E-state index contributed by atoms with van der Waals surface area (Å²) < 4.78 is 44.6. The van der Waals surface area contributed by atoms with Crippen LogP contribution in [0.1, 0.15) is 32.7 Å². The molecule has 49 heavy (non-hydrogen) atoms. The number of rotatable bonds is 11. The molecule has 0 spiro atoms. The Morgan fingerprint density at radius 3 is 2.08 bits per heavy atom. The van der Waals surface area contributed by atoms with Gasteiger partial charge in [-0.25, -0.2) is 4.98 Å². The van der Waals surface area contributed by atoms with E-state index in [4.69, 9.17) is 4.74 Å². The first kappa shape index (κ1) is 34.5. The van der Waals surface area contributed by atoms with Crippen LogP contribution in [0.15, 0.2) is 102 Å². The van der Waals surface area contributed by atoms with E-state index in [2.05, 4.69) is 10.3 Å². The summed E-state index contributed by atoms with van der Waals surface area (Å²) in [4.78, 5) is 55.4. The zero-order valence-corrected chi connectivity index (χ0v) is 26.5. The van der Waals surface area contributed by atoms with Gasteiger partial charge in [0.1, 0.15) is 11.6 Å². The molecule has 5 aromatic rings. The summed E-state index contributed by atoms with van der Waals surface area (Å²) in [7, 11) is 0. The molecule has 1 amide bonds. The highest BCUT2D eigenvalue weighted by Crippen LogP contribution is 2.35. The smallest absolute Gasteiger partial charge is 0.416 e. The van der Waals surface area contributed by atoms with Gasteiger partial charge in [0, 0.05) is 22.2 Å². The summed E-state index contributed by atoms with van der Waals surface area (Å²) in [5, 5.41) is 24.9. The van der Waals surface area contributed by atoms with E-state index < -0.39 is 47.6 Å². The number of aromatic nitrogens is 1. The first-order valence-electron chi connectivity index (χ1n) is 14.6. The normalized spacial score (nSPS) is 11.5. The van der Waals surface area contributed by atoms with Gasteiger partial charge in [0.15, 0.2) is 0 Å². The van der Waals surface area contributed by atoms with E-state index in [0.717, 1.165) is 12.1 Å². The maximum Gasteiger partial charge on any atom is 0.416 e. The minimum absolute atomic E-state index is 0.0655. The van der Waals surface area contributed by atoms with E-state index >= 15 is 0 Å². The molecule has 4 aromatic carbocycles.